The molecule has 0 aliphatic rings. The summed E-state index contributed by atoms with van der Waals surface area (Å²) in [5.74, 6) is -2.52. The lowest BCUT2D eigenvalue weighted by Gasteiger charge is -2.17. The van der Waals surface area contributed by atoms with Crippen molar-refractivity contribution in [2.45, 2.75) is 31.4 Å². The summed E-state index contributed by atoms with van der Waals surface area (Å²) in [4.78, 5) is 24.2. The molecule has 2 N–H and O–H groups in total. The number of alkyl halides is 6. The lowest BCUT2D eigenvalue weighted by Crippen LogP contribution is -2.42. The topological polar surface area (TPSA) is 75.6 Å². The lowest BCUT2D eigenvalue weighted by atomic mass is 10.0. The second kappa shape index (κ2) is 10.7. The van der Waals surface area contributed by atoms with Crippen LogP contribution >= 0.6 is 0 Å². The van der Waals surface area contributed by atoms with Crippen molar-refractivity contribution in [3.8, 4) is 5.75 Å². The maximum Gasteiger partial charge on any atom is 0.416 e. The highest BCUT2D eigenvalue weighted by atomic mass is 19.4. The zero-order valence-electron chi connectivity index (χ0n) is 18.4. The number of nitrogens with one attached hydrogen (secondary N) is 1. The monoisotopic (exact) mass is 511 g/mol. The summed E-state index contributed by atoms with van der Waals surface area (Å²) in [6.45, 7) is 0.237. The number of carboxylic acid groups (broad SMARTS) is 1. The van der Waals surface area contributed by atoms with Crippen LogP contribution in [0.2, 0.25) is 0 Å². The van der Waals surface area contributed by atoms with Gasteiger partial charge >= 0.3 is 18.3 Å². The van der Waals surface area contributed by atoms with E-state index in [1.807, 2.05) is 35.6 Å². The van der Waals surface area contributed by atoms with Crippen molar-refractivity contribution in [3.05, 3.63) is 101 Å². The fourth-order valence-electron chi connectivity index (χ4n) is 3.27. The molecule has 3 rings (SSSR count). The van der Waals surface area contributed by atoms with Crippen LogP contribution in [-0.2, 0) is 30.2 Å². The van der Waals surface area contributed by atoms with Crippen molar-refractivity contribution < 1.29 is 45.8 Å². The van der Waals surface area contributed by atoms with Gasteiger partial charge in [-0.25, -0.2) is 4.79 Å². The Morgan fingerprint density at radius 2 is 1.39 bits per heavy atom. The predicted molar refractivity (Wildman–Crippen MR) is 116 cm³/mol. The SMILES string of the molecule is O=C(N[C@@H](Cc1cccc(OCc2ccccc2)c1)C(=O)O)c1cc(C(F)(F)F)cc(C(F)(F)F)c1. The van der Waals surface area contributed by atoms with Gasteiger partial charge in [0, 0.05) is 12.0 Å². The smallest absolute Gasteiger partial charge is 0.416 e. The normalized spacial score (nSPS) is 12.6. The Kier molecular flexibility index (Phi) is 7.91. The summed E-state index contributed by atoms with van der Waals surface area (Å²) < 4.78 is 84.2. The van der Waals surface area contributed by atoms with E-state index >= 15 is 0 Å². The van der Waals surface area contributed by atoms with Gasteiger partial charge in [-0.3, -0.25) is 4.79 Å². The molecule has 11 heteroatoms. The molecule has 0 unspecified atom stereocenters. The number of hydrogen-bond acceptors (Lipinski definition) is 3. The van der Waals surface area contributed by atoms with Crippen LogP contribution in [-0.4, -0.2) is 23.0 Å². The highest BCUT2D eigenvalue weighted by molar-refractivity contribution is 5.97. The molecule has 3 aromatic carbocycles. The minimum atomic E-state index is -5.15. The van der Waals surface area contributed by atoms with E-state index in [4.69, 9.17) is 4.74 Å². The van der Waals surface area contributed by atoms with E-state index < -0.39 is 47.0 Å². The summed E-state index contributed by atoms with van der Waals surface area (Å²) in [5, 5.41) is 11.5. The first-order chi connectivity index (χ1) is 16.8. The van der Waals surface area contributed by atoms with Crippen molar-refractivity contribution in [2.75, 3.05) is 0 Å². The maximum absolute atomic E-state index is 13.1. The molecular weight excluding hydrogens is 492 g/mol. The molecule has 190 valence electrons. The van der Waals surface area contributed by atoms with E-state index in [1.54, 1.807) is 18.2 Å². The van der Waals surface area contributed by atoms with Gasteiger partial charge in [0.15, 0.2) is 0 Å². The molecule has 0 fully saturated rings. The molecule has 36 heavy (non-hydrogen) atoms. The summed E-state index contributed by atoms with van der Waals surface area (Å²) in [6.07, 6.45) is -10.6. The van der Waals surface area contributed by atoms with E-state index in [2.05, 4.69) is 0 Å². The number of amides is 1. The molecule has 0 saturated heterocycles. The highest BCUT2D eigenvalue weighted by Crippen LogP contribution is 2.36. The average Bonchev–Trinajstić information content (AvgIpc) is 2.81. The van der Waals surface area contributed by atoms with Gasteiger partial charge in [-0.2, -0.15) is 26.3 Å². The number of carbonyl (C=O) groups is 2. The third-order valence-electron chi connectivity index (χ3n) is 5.04. The van der Waals surface area contributed by atoms with E-state index in [-0.39, 0.29) is 31.2 Å². The minimum absolute atomic E-state index is 0.119. The quantitative estimate of drug-likeness (QED) is 0.379. The van der Waals surface area contributed by atoms with Gasteiger partial charge in [0.05, 0.1) is 11.1 Å². The molecule has 0 aliphatic carbocycles. The van der Waals surface area contributed by atoms with Gasteiger partial charge in [0.25, 0.3) is 5.91 Å². The number of rotatable bonds is 8. The summed E-state index contributed by atoms with van der Waals surface area (Å²) in [6, 6.07) is 14.2. The third-order valence-corrected chi connectivity index (χ3v) is 5.04. The van der Waals surface area contributed by atoms with Crippen molar-refractivity contribution in [1.82, 2.24) is 5.32 Å². The van der Waals surface area contributed by atoms with Crippen molar-refractivity contribution in [3.63, 3.8) is 0 Å². The first-order valence-corrected chi connectivity index (χ1v) is 10.4. The van der Waals surface area contributed by atoms with E-state index in [9.17, 15) is 41.0 Å². The Bertz CT molecular complexity index is 1190. The predicted octanol–water partition coefficient (Wildman–Crippen LogP) is 5.73. The molecule has 5 nitrogen and oxygen atoms in total. The fraction of sp³-hybridized carbons (Fsp3) is 0.200. The van der Waals surface area contributed by atoms with Gasteiger partial charge in [0.1, 0.15) is 18.4 Å². The minimum Gasteiger partial charge on any atom is -0.489 e. The molecule has 0 bridgehead atoms. The van der Waals surface area contributed by atoms with Gasteiger partial charge in [-0.15, -0.1) is 0 Å². The number of ether oxygens (including phenoxy) is 1. The molecular formula is C25H19F6NO4. The van der Waals surface area contributed by atoms with Gasteiger partial charge in [0.2, 0.25) is 0 Å². The molecule has 1 atom stereocenters. The summed E-state index contributed by atoms with van der Waals surface area (Å²) in [5.41, 5.74) is -3.04. The number of benzene rings is 3. The number of carboxylic acids is 1. The summed E-state index contributed by atoms with van der Waals surface area (Å²) >= 11 is 0. The van der Waals surface area contributed by atoms with Crippen LogP contribution < -0.4 is 10.1 Å². The molecule has 3 aromatic rings. The maximum atomic E-state index is 13.1. The number of halogens is 6. The molecule has 0 spiro atoms. The molecule has 0 aromatic heterocycles. The van der Waals surface area contributed by atoms with Crippen LogP contribution in [0, 0.1) is 0 Å². The van der Waals surface area contributed by atoms with Gasteiger partial charge in [-0.1, -0.05) is 42.5 Å². The molecule has 0 radical (unpaired) electrons. The van der Waals surface area contributed by atoms with E-state index in [1.165, 1.54) is 6.07 Å². The van der Waals surface area contributed by atoms with Crippen LogP contribution in [0.15, 0.2) is 72.8 Å². The van der Waals surface area contributed by atoms with Gasteiger partial charge in [-0.05, 0) is 41.5 Å². The molecule has 0 aliphatic heterocycles. The number of carbonyl (C=O) groups excluding carboxylic acids is 1. The van der Waals surface area contributed by atoms with Crippen molar-refractivity contribution >= 4 is 11.9 Å². The third kappa shape index (κ3) is 7.24. The lowest BCUT2D eigenvalue weighted by molar-refractivity contribution is -0.143. The first-order valence-electron chi connectivity index (χ1n) is 10.4. The Labute approximate surface area is 201 Å². The Morgan fingerprint density at radius 3 is 1.94 bits per heavy atom. The summed E-state index contributed by atoms with van der Waals surface area (Å²) in [7, 11) is 0. The first kappa shape index (κ1) is 26.6. The zero-order valence-corrected chi connectivity index (χ0v) is 18.4. The van der Waals surface area contributed by atoms with Crippen molar-refractivity contribution in [2.24, 2.45) is 0 Å². The van der Waals surface area contributed by atoms with Crippen LogP contribution in [0.1, 0.15) is 32.6 Å². The standard InChI is InChI=1S/C25H19F6NO4/c26-24(27,28)18-11-17(12-19(13-18)25(29,30)31)22(33)32-21(23(34)35)10-16-7-4-8-20(9-16)36-14-15-5-2-1-3-6-15/h1-9,11-13,21H,10,14H2,(H,32,33)(H,34,35)/t21-/m0/s1. The number of aliphatic carboxylic acids is 1. The Hall–Kier alpha value is -4.02. The van der Waals surface area contributed by atoms with Crippen molar-refractivity contribution in [1.29, 1.82) is 0 Å². The van der Waals surface area contributed by atoms with Gasteiger partial charge < -0.3 is 15.2 Å². The second-order valence-corrected chi connectivity index (χ2v) is 7.78. The molecule has 1 amide bonds. The second-order valence-electron chi connectivity index (χ2n) is 7.78. The largest absolute Gasteiger partial charge is 0.489 e. The molecule has 0 saturated carbocycles. The Balaban J connectivity index is 1.77. The average molecular weight is 511 g/mol. The van der Waals surface area contributed by atoms with Crippen LogP contribution in [0.3, 0.4) is 0 Å². The van der Waals surface area contributed by atoms with Crippen LogP contribution in [0.5, 0.6) is 5.75 Å². The highest BCUT2D eigenvalue weighted by Gasteiger charge is 2.37. The van der Waals surface area contributed by atoms with Crippen LogP contribution in [0.25, 0.3) is 0 Å². The van der Waals surface area contributed by atoms with E-state index in [0.717, 1.165) is 5.56 Å². The fourth-order valence-corrected chi connectivity index (χ4v) is 3.27. The molecule has 0 heterocycles. The van der Waals surface area contributed by atoms with E-state index in [0.29, 0.717) is 11.3 Å². The zero-order chi connectivity index (χ0) is 26.5. The number of hydrogen-bond donors (Lipinski definition) is 2. The van der Waals surface area contributed by atoms with Crippen LogP contribution in [0.4, 0.5) is 26.3 Å². The Morgan fingerprint density at radius 1 is 0.806 bits per heavy atom.